The van der Waals surface area contributed by atoms with Crippen LogP contribution in [0.2, 0.25) is 0 Å². The largest absolute Gasteiger partial charge is 0.486 e. The minimum absolute atomic E-state index is 0.219. The summed E-state index contributed by atoms with van der Waals surface area (Å²) in [4.78, 5) is 31.3. The summed E-state index contributed by atoms with van der Waals surface area (Å²) in [5, 5.41) is 0.500. The molecule has 1 aromatic carbocycles. The van der Waals surface area contributed by atoms with E-state index in [1.165, 1.54) is 11.8 Å². The van der Waals surface area contributed by atoms with Gasteiger partial charge in [0, 0.05) is 24.2 Å². The van der Waals surface area contributed by atoms with Gasteiger partial charge in [-0.3, -0.25) is 4.79 Å². The van der Waals surface area contributed by atoms with Crippen LogP contribution in [0.25, 0.3) is 0 Å². The first-order valence-electron chi connectivity index (χ1n) is 9.09. The third kappa shape index (κ3) is 4.75. The summed E-state index contributed by atoms with van der Waals surface area (Å²) in [5.74, 6) is 0.573. The van der Waals surface area contributed by atoms with Crippen molar-refractivity contribution in [2.24, 2.45) is 0 Å². The van der Waals surface area contributed by atoms with E-state index in [2.05, 4.69) is 4.98 Å². The van der Waals surface area contributed by atoms with Crippen molar-refractivity contribution in [2.45, 2.75) is 23.8 Å². The summed E-state index contributed by atoms with van der Waals surface area (Å²) in [5.41, 5.74) is 0.315. The Bertz CT molecular complexity index is 854. The minimum Gasteiger partial charge on any atom is -0.486 e. The number of amides is 1. The van der Waals surface area contributed by atoms with Crippen LogP contribution in [0.5, 0.6) is 11.5 Å². The second-order valence-corrected chi connectivity index (χ2v) is 6.97. The van der Waals surface area contributed by atoms with Gasteiger partial charge in [-0.25, -0.2) is 9.78 Å². The van der Waals surface area contributed by atoms with Crippen LogP contribution in [-0.4, -0.2) is 54.7 Å². The van der Waals surface area contributed by atoms with Gasteiger partial charge in [0.1, 0.15) is 18.2 Å². The summed E-state index contributed by atoms with van der Waals surface area (Å²) in [6.07, 6.45) is 1.61. The predicted octanol–water partition coefficient (Wildman–Crippen LogP) is 3.03. The normalized spacial score (nSPS) is 12.4. The molecule has 3 rings (SSSR count). The van der Waals surface area contributed by atoms with Gasteiger partial charge in [-0.2, -0.15) is 0 Å². The van der Waals surface area contributed by atoms with E-state index in [4.69, 9.17) is 14.2 Å². The molecule has 28 heavy (non-hydrogen) atoms. The second-order valence-electron chi connectivity index (χ2n) is 5.91. The predicted molar refractivity (Wildman–Crippen MR) is 104 cm³/mol. The van der Waals surface area contributed by atoms with Crippen LogP contribution >= 0.6 is 11.8 Å². The van der Waals surface area contributed by atoms with E-state index in [1.54, 1.807) is 23.2 Å². The van der Waals surface area contributed by atoms with Gasteiger partial charge in [0.15, 0.2) is 18.1 Å². The number of fused-ring (bicyclic) bond motifs is 1. The van der Waals surface area contributed by atoms with Crippen molar-refractivity contribution in [3.05, 3.63) is 42.1 Å². The molecule has 7 nitrogen and oxygen atoms in total. The van der Waals surface area contributed by atoms with E-state index in [0.717, 1.165) is 4.90 Å². The van der Waals surface area contributed by atoms with Gasteiger partial charge in [0.2, 0.25) is 0 Å². The van der Waals surface area contributed by atoms with Gasteiger partial charge in [-0.05, 0) is 44.2 Å². The monoisotopic (exact) mass is 402 g/mol. The first kappa shape index (κ1) is 20.0. The molecule has 2 aromatic rings. The number of likely N-dealkylation sites (N-methyl/N-ethyl adjacent to an activating group) is 1. The molecule has 0 unspecified atom stereocenters. The summed E-state index contributed by atoms with van der Waals surface area (Å²) in [7, 11) is 0. The summed E-state index contributed by atoms with van der Waals surface area (Å²) < 4.78 is 16.3. The molecular weight excluding hydrogens is 380 g/mol. The molecule has 0 fully saturated rings. The molecule has 0 spiro atoms. The number of hydrogen-bond donors (Lipinski definition) is 0. The molecule has 0 bridgehead atoms. The summed E-state index contributed by atoms with van der Waals surface area (Å²) >= 11 is 1.32. The molecule has 1 aliphatic rings. The molecule has 148 valence electrons. The van der Waals surface area contributed by atoms with Gasteiger partial charge in [-0.15, -0.1) is 0 Å². The molecule has 1 aromatic heterocycles. The Morgan fingerprint density at radius 1 is 1.14 bits per heavy atom. The van der Waals surface area contributed by atoms with E-state index in [-0.39, 0.29) is 12.5 Å². The van der Waals surface area contributed by atoms with Crippen LogP contribution < -0.4 is 9.47 Å². The summed E-state index contributed by atoms with van der Waals surface area (Å²) in [6.45, 7) is 5.66. The molecule has 1 aliphatic heterocycles. The third-order valence-corrected chi connectivity index (χ3v) is 5.17. The van der Waals surface area contributed by atoms with E-state index in [1.807, 2.05) is 32.0 Å². The lowest BCUT2D eigenvalue weighted by atomic mass is 10.3. The highest BCUT2D eigenvalue weighted by atomic mass is 32.2. The fraction of sp³-hybridized carbons (Fsp3) is 0.350. The smallest absolute Gasteiger partial charge is 0.341 e. The number of aromatic nitrogens is 1. The number of nitrogens with zero attached hydrogens (tertiary/aromatic N) is 2. The highest BCUT2D eigenvalue weighted by Gasteiger charge is 2.19. The number of esters is 1. The Labute approximate surface area is 168 Å². The Morgan fingerprint density at radius 2 is 1.89 bits per heavy atom. The van der Waals surface area contributed by atoms with Crippen molar-refractivity contribution in [3.63, 3.8) is 0 Å². The zero-order valence-corrected chi connectivity index (χ0v) is 16.7. The lowest BCUT2D eigenvalue weighted by Crippen LogP contribution is -2.34. The average Bonchev–Trinajstić information content (AvgIpc) is 2.73. The maximum Gasteiger partial charge on any atom is 0.341 e. The first-order valence-corrected chi connectivity index (χ1v) is 9.91. The molecule has 0 saturated heterocycles. The van der Waals surface area contributed by atoms with Crippen molar-refractivity contribution in [3.8, 4) is 11.5 Å². The third-order valence-electron chi connectivity index (χ3n) is 4.16. The van der Waals surface area contributed by atoms with Gasteiger partial charge in [0.25, 0.3) is 5.91 Å². The molecule has 0 N–H and O–H groups in total. The highest BCUT2D eigenvalue weighted by Crippen LogP contribution is 2.37. The first-order chi connectivity index (χ1) is 13.6. The van der Waals surface area contributed by atoms with Gasteiger partial charge >= 0.3 is 5.97 Å². The molecule has 0 saturated carbocycles. The lowest BCUT2D eigenvalue weighted by Gasteiger charge is -2.19. The zero-order chi connectivity index (χ0) is 19.9. The fourth-order valence-electron chi connectivity index (χ4n) is 2.70. The molecule has 1 amide bonds. The van der Waals surface area contributed by atoms with E-state index in [9.17, 15) is 9.59 Å². The molecule has 0 aliphatic carbocycles. The van der Waals surface area contributed by atoms with Crippen molar-refractivity contribution in [1.29, 1.82) is 0 Å². The van der Waals surface area contributed by atoms with Crippen molar-refractivity contribution < 1.29 is 23.8 Å². The molecular formula is C20H22N2O5S. The molecule has 0 radical (unpaired) electrons. The number of benzene rings is 1. The number of carbonyl (C=O) groups excluding carboxylic acids is 2. The van der Waals surface area contributed by atoms with Crippen molar-refractivity contribution in [2.75, 3.05) is 32.9 Å². The molecule has 2 heterocycles. The van der Waals surface area contributed by atoms with E-state index < -0.39 is 5.97 Å². The quantitative estimate of drug-likeness (QED) is 0.659. The maximum atomic E-state index is 12.5. The zero-order valence-electron chi connectivity index (χ0n) is 15.8. The van der Waals surface area contributed by atoms with Gasteiger partial charge < -0.3 is 19.1 Å². The molecule has 8 heteroatoms. The summed E-state index contributed by atoms with van der Waals surface area (Å²) in [6, 6.07) is 8.87. The Balaban J connectivity index is 1.70. The van der Waals surface area contributed by atoms with Crippen molar-refractivity contribution >= 4 is 23.6 Å². The number of carbonyl (C=O) groups is 2. The Morgan fingerprint density at radius 3 is 2.64 bits per heavy atom. The average molecular weight is 402 g/mol. The van der Waals surface area contributed by atoms with Crippen LogP contribution in [0.15, 0.2) is 46.5 Å². The topological polar surface area (TPSA) is 78.0 Å². The highest BCUT2D eigenvalue weighted by molar-refractivity contribution is 7.99. The van der Waals surface area contributed by atoms with Crippen molar-refractivity contribution in [1.82, 2.24) is 9.88 Å². The van der Waals surface area contributed by atoms with Crippen LogP contribution in [0.4, 0.5) is 0 Å². The van der Waals surface area contributed by atoms with Crippen LogP contribution in [0, 0.1) is 0 Å². The number of hydrogen-bond acceptors (Lipinski definition) is 7. The van der Waals surface area contributed by atoms with E-state index >= 15 is 0 Å². The van der Waals surface area contributed by atoms with E-state index in [0.29, 0.717) is 48.4 Å². The van der Waals surface area contributed by atoms with Crippen LogP contribution in [0.1, 0.15) is 24.2 Å². The number of ether oxygens (including phenoxy) is 3. The maximum absolute atomic E-state index is 12.5. The van der Waals surface area contributed by atoms with Crippen LogP contribution in [-0.2, 0) is 9.53 Å². The standard InChI is InChI=1S/C20H22N2O5S/c1-3-22(4-2)18(23)13-27-20(24)15-6-5-9-21-19(15)28-14-7-8-16-17(12-14)26-11-10-25-16/h5-9,12H,3-4,10-11,13H2,1-2H3. The second kappa shape index (κ2) is 9.45. The van der Waals surface area contributed by atoms with Gasteiger partial charge in [-0.1, -0.05) is 11.8 Å². The minimum atomic E-state index is -0.575. The van der Waals surface area contributed by atoms with Crippen LogP contribution in [0.3, 0.4) is 0 Å². The number of pyridine rings is 1. The Kier molecular flexibility index (Phi) is 6.76. The SMILES string of the molecule is CCN(CC)C(=O)COC(=O)c1cccnc1Sc1ccc2c(c1)OCCO2. The Hall–Kier alpha value is -2.74. The van der Waals surface area contributed by atoms with Gasteiger partial charge in [0.05, 0.1) is 5.56 Å². The molecule has 0 atom stereocenters. The number of rotatable bonds is 7. The lowest BCUT2D eigenvalue weighted by molar-refractivity contribution is -0.134. The fourth-order valence-corrected chi connectivity index (χ4v) is 3.60.